The Morgan fingerprint density at radius 2 is 1.96 bits per heavy atom. The fourth-order valence-electron chi connectivity index (χ4n) is 3.10. The van der Waals surface area contributed by atoms with Crippen molar-refractivity contribution in [2.24, 2.45) is 11.8 Å². The van der Waals surface area contributed by atoms with Crippen LogP contribution in [-0.2, 0) is 4.79 Å². The summed E-state index contributed by atoms with van der Waals surface area (Å²) in [7, 11) is 0. The van der Waals surface area contributed by atoms with Crippen molar-refractivity contribution in [3.63, 3.8) is 0 Å². The molecule has 0 N–H and O–H groups in total. The van der Waals surface area contributed by atoms with E-state index in [1.165, 1.54) is 12.8 Å². The molecule has 0 saturated carbocycles. The molecule has 1 fully saturated rings. The van der Waals surface area contributed by atoms with Gasteiger partial charge in [-0.05, 0) is 42.5 Å². The molecule has 23 heavy (non-hydrogen) atoms. The molecule has 1 saturated heterocycles. The Balaban J connectivity index is 1.54. The third kappa shape index (κ3) is 3.88. The van der Waals surface area contributed by atoms with Crippen LogP contribution in [0.4, 0.5) is 0 Å². The second-order valence-corrected chi connectivity index (χ2v) is 6.30. The predicted molar refractivity (Wildman–Crippen MR) is 84.8 cm³/mol. The fraction of sp³-hybridized carbons (Fsp3) is 0.471. The number of rotatable bonds is 4. The van der Waals surface area contributed by atoms with Gasteiger partial charge < -0.3 is 14.1 Å². The Labute approximate surface area is 135 Å². The SMILES string of the molecule is C[C@@H]1C[C@H](C)CN(C(=O)COc2ccc(-c3nnco3)cc2)C1. The van der Waals surface area contributed by atoms with Gasteiger partial charge in [-0.25, -0.2) is 0 Å². The van der Waals surface area contributed by atoms with Gasteiger partial charge in [-0.1, -0.05) is 13.8 Å². The maximum absolute atomic E-state index is 12.3. The fourth-order valence-corrected chi connectivity index (χ4v) is 3.10. The van der Waals surface area contributed by atoms with E-state index >= 15 is 0 Å². The number of aromatic nitrogens is 2. The first kappa shape index (κ1) is 15.5. The number of likely N-dealkylation sites (tertiary alicyclic amines) is 1. The van der Waals surface area contributed by atoms with Gasteiger partial charge in [0.1, 0.15) is 5.75 Å². The van der Waals surface area contributed by atoms with Gasteiger partial charge in [-0.15, -0.1) is 10.2 Å². The van der Waals surface area contributed by atoms with Gasteiger partial charge >= 0.3 is 0 Å². The molecule has 6 nitrogen and oxygen atoms in total. The summed E-state index contributed by atoms with van der Waals surface area (Å²) >= 11 is 0. The molecule has 0 bridgehead atoms. The Hall–Kier alpha value is -2.37. The molecule has 1 aromatic carbocycles. The van der Waals surface area contributed by atoms with E-state index in [0.29, 0.717) is 23.5 Å². The smallest absolute Gasteiger partial charge is 0.260 e. The van der Waals surface area contributed by atoms with Crippen molar-refractivity contribution in [3.05, 3.63) is 30.7 Å². The molecule has 6 heteroatoms. The molecular formula is C17H21N3O3. The number of piperidine rings is 1. The van der Waals surface area contributed by atoms with Crippen molar-refractivity contribution < 1.29 is 13.9 Å². The summed E-state index contributed by atoms with van der Waals surface area (Å²) < 4.78 is 10.7. The summed E-state index contributed by atoms with van der Waals surface area (Å²) in [5.41, 5.74) is 0.819. The van der Waals surface area contributed by atoms with E-state index < -0.39 is 0 Å². The molecule has 0 unspecified atom stereocenters. The van der Waals surface area contributed by atoms with Gasteiger partial charge in [0.15, 0.2) is 6.61 Å². The Kier molecular flexibility index (Phi) is 4.60. The Bertz CT molecular complexity index is 630. The molecule has 2 aromatic rings. The number of ether oxygens (including phenoxy) is 1. The lowest BCUT2D eigenvalue weighted by Crippen LogP contribution is -2.44. The topological polar surface area (TPSA) is 68.5 Å². The summed E-state index contributed by atoms with van der Waals surface area (Å²) in [5.74, 6) is 2.26. The second kappa shape index (κ2) is 6.81. The van der Waals surface area contributed by atoms with Crippen molar-refractivity contribution >= 4 is 5.91 Å². The molecular weight excluding hydrogens is 294 g/mol. The van der Waals surface area contributed by atoms with E-state index in [4.69, 9.17) is 9.15 Å². The van der Waals surface area contributed by atoms with E-state index in [1.807, 2.05) is 17.0 Å². The summed E-state index contributed by atoms with van der Waals surface area (Å²) in [6, 6.07) is 7.26. The van der Waals surface area contributed by atoms with Crippen molar-refractivity contribution in [2.45, 2.75) is 20.3 Å². The number of nitrogens with zero attached hydrogens (tertiary/aromatic N) is 3. The molecule has 3 rings (SSSR count). The van der Waals surface area contributed by atoms with Crippen LogP contribution >= 0.6 is 0 Å². The molecule has 0 aliphatic carbocycles. The van der Waals surface area contributed by atoms with E-state index in [1.54, 1.807) is 12.1 Å². The van der Waals surface area contributed by atoms with Gasteiger partial charge in [0.2, 0.25) is 12.3 Å². The molecule has 1 amide bonds. The zero-order valence-electron chi connectivity index (χ0n) is 13.4. The summed E-state index contributed by atoms with van der Waals surface area (Å²) in [4.78, 5) is 14.2. The first-order valence-electron chi connectivity index (χ1n) is 7.89. The highest BCUT2D eigenvalue weighted by molar-refractivity contribution is 5.78. The van der Waals surface area contributed by atoms with Gasteiger partial charge in [0.25, 0.3) is 5.91 Å². The Morgan fingerprint density at radius 3 is 2.57 bits per heavy atom. The highest BCUT2D eigenvalue weighted by Gasteiger charge is 2.25. The molecule has 0 spiro atoms. The zero-order chi connectivity index (χ0) is 16.2. The predicted octanol–water partition coefficient (Wildman–Crippen LogP) is 2.62. The largest absolute Gasteiger partial charge is 0.484 e. The summed E-state index contributed by atoms with van der Waals surface area (Å²) in [6.45, 7) is 6.09. The van der Waals surface area contributed by atoms with Crippen molar-refractivity contribution in [1.82, 2.24) is 15.1 Å². The third-order valence-electron chi connectivity index (χ3n) is 4.05. The first-order valence-corrected chi connectivity index (χ1v) is 7.89. The first-order chi connectivity index (χ1) is 11.1. The highest BCUT2D eigenvalue weighted by atomic mass is 16.5. The lowest BCUT2D eigenvalue weighted by Gasteiger charge is -2.34. The minimum atomic E-state index is 0.0457. The van der Waals surface area contributed by atoms with E-state index in [-0.39, 0.29) is 12.5 Å². The number of amides is 1. The van der Waals surface area contributed by atoms with E-state index in [9.17, 15) is 4.79 Å². The van der Waals surface area contributed by atoms with Gasteiger partial charge in [-0.3, -0.25) is 4.79 Å². The highest BCUT2D eigenvalue weighted by Crippen LogP contribution is 2.22. The lowest BCUT2D eigenvalue weighted by molar-refractivity contribution is -0.136. The van der Waals surface area contributed by atoms with Crippen molar-refractivity contribution in [1.29, 1.82) is 0 Å². The standard InChI is InChI=1S/C17H21N3O3/c1-12-7-13(2)9-20(8-12)16(21)10-22-15-5-3-14(4-6-15)17-19-18-11-23-17/h3-6,11-13H,7-10H2,1-2H3/t12-,13+. The average molecular weight is 315 g/mol. The normalized spacial score (nSPS) is 21.2. The quantitative estimate of drug-likeness (QED) is 0.867. The number of carbonyl (C=O) groups is 1. The molecule has 1 aromatic heterocycles. The second-order valence-electron chi connectivity index (χ2n) is 6.30. The van der Waals surface area contributed by atoms with Crippen molar-refractivity contribution in [2.75, 3.05) is 19.7 Å². The molecule has 122 valence electrons. The van der Waals surface area contributed by atoms with Crippen LogP contribution in [-0.4, -0.2) is 40.7 Å². The van der Waals surface area contributed by atoms with E-state index in [0.717, 1.165) is 18.7 Å². The van der Waals surface area contributed by atoms with Crippen LogP contribution in [0.2, 0.25) is 0 Å². The Morgan fingerprint density at radius 1 is 1.26 bits per heavy atom. The molecule has 1 aliphatic heterocycles. The summed E-state index contributed by atoms with van der Waals surface area (Å²) in [5, 5.41) is 7.49. The maximum atomic E-state index is 12.3. The van der Waals surface area contributed by atoms with Crippen LogP contribution in [0.25, 0.3) is 11.5 Å². The van der Waals surface area contributed by atoms with Gasteiger partial charge in [0, 0.05) is 18.7 Å². The van der Waals surface area contributed by atoms with Crippen LogP contribution in [0, 0.1) is 11.8 Å². The average Bonchev–Trinajstić information content (AvgIpc) is 3.06. The zero-order valence-corrected chi connectivity index (χ0v) is 13.4. The third-order valence-corrected chi connectivity index (χ3v) is 4.05. The van der Waals surface area contributed by atoms with Crippen LogP contribution in [0.15, 0.2) is 35.1 Å². The number of hydrogen-bond donors (Lipinski definition) is 0. The maximum Gasteiger partial charge on any atom is 0.260 e. The minimum Gasteiger partial charge on any atom is -0.484 e. The summed E-state index contributed by atoms with van der Waals surface area (Å²) in [6.07, 6.45) is 2.47. The molecule has 2 atom stereocenters. The van der Waals surface area contributed by atoms with Crippen LogP contribution in [0.5, 0.6) is 5.75 Å². The molecule has 2 heterocycles. The van der Waals surface area contributed by atoms with Gasteiger partial charge in [-0.2, -0.15) is 0 Å². The van der Waals surface area contributed by atoms with Crippen LogP contribution in [0.1, 0.15) is 20.3 Å². The van der Waals surface area contributed by atoms with Gasteiger partial charge in [0.05, 0.1) is 0 Å². The van der Waals surface area contributed by atoms with Crippen molar-refractivity contribution in [3.8, 4) is 17.2 Å². The van der Waals surface area contributed by atoms with E-state index in [2.05, 4.69) is 24.0 Å². The monoisotopic (exact) mass is 315 g/mol. The van der Waals surface area contributed by atoms with Crippen LogP contribution < -0.4 is 4.74 Å². The lowest BCUT2D eigenvalue weighted by atomic mass is 9.92. The van der Waals surface area contributed by atoms with Crippen LogP contribution in [0.3, 0.4) is 0 Å². The number of carbonyl (C=O) groups excluding carboxylic acids is 1. The molecule has 0 radical (unpaired) electrons. The molecule has 1 aliphatic rings. The number of benzene rings is 1. The number of hydrogen-bond acceptors (Lipinski definition) is 5. The minimum absolute atomic E-state index is 0.0457.